The first-order valence-corrected chi connectivity index (χ1v) is 6.41. The van der Waals surface area contributed by atoms with Crippen molar-refractivity contribution in [3.63, 3.8) is 0 Å². The Bertz CT molecular complexity index is 657. The van der Waals surface area contributed by atoms with Crippen LogP contribution in [0, 0.1) is 0 Å². The van der Waals surface area contributed by atoms with E-state index in [1.807, 2.05) is 0 Å². The van der Waals surface area contributed by atoms with Crippen LogP contribution in [0.15, 0.2) is 30.7 Å². The maximum atomic E-state index is 12.1. The minimum atomic E-state index is -1.14. The van der Waals surface area contributed by atoms with Gasteiger partial charge in [-0.05, 0) is 18.2 Å². The summed E-state index contributed by atoms with van der Waals surface area (Å²) in [6.07, 6.45) is 3.04. The first-order chi connectivity index (χ1) is 9.97. The fourth-order valence-electron chi connectivity index (χ4n) is 1.73. The number of imidazole rings is 1. The third-order valence-corrected chi connectivity index (χ3v) is 3.17. The molecule has 8 heteroatoms. The molecule has 2 aromatic rings. The molecule has 0 spiro atoms. The fraction of sp³-hybridized carbons (Fsp3) is 0.154. The maximum Gasteiger partial charge on any atom is 0.326 e. The Balaban J connectivity index is 2.10. The van der Waals surface area contributed by atoms with Crippen molar-refractivity contribution in [3.05, 3.63) is 47.0 Å². The molecule has 1 heterocycles. The molecule has 0 aliphatic heterocycles. The van der Waals surface area contributed by atoms with E-state index in [9.17, 15) is 14.7 Å². The number of nitrogens with one attached hydrogen (secondary N) is 2. The topological polar surface area (TPSA) is 121 Å². The van der Waals surface area contributed by atoms with E-state index >= 15 is 0 Å². The lowest BCUT2D eigenvalue weighted by Crippen LogP contribution is -2.42. The van der Waals surface area contributed by atoms with Crippen molar-refractivity contribution in [2.75, 3.05) is 5.73 Å². The van der Waals surface area contributed by atoms with E-state index in [-0.39, 0.29) is 17.0 Å². The fourth-order valence-corrected chi connectivity index (χ4v) is 1.91. The van der Waals surface area contributed by atoms with Crippen molar-refractivity contribution in [2.45, 2.75) is 12.5 Å². The Labute approximate surface area is 125 Å². The van der Waals surface area contributed by atoms with Gasteiger partial charge in [-0.15, -0.1) is 0 Å². The number of carboxylic acids is 1. The smallest absolute Gasteiger partial charge is 0.326 e. The molecule has 21 heavy (non-hydrogen) atoms. The van der Waals surface area contributed by atoms with Crippen LogP contribution >= 0.6 is 11.6 Å². The Morgan fingerprint density at radius 1 is 1.48 bits per heavy atom. The number of carbonyl (C=O) groups excluding carboxylic acids is 1. The van der Waals surface area contributed by atoms with E-state index < -0.39 is 17.9 Å². The molecular weight excluding hydrogens is 296 g/mol. The molecule has 0 saturated heterocycles. The number of anilines is 1. The van der Waals surface area contributed by atoms with Gasteiger partial charge in [-0.3, -0.25) is 4.79 Å². The second kappa shape index (κ2) is 6.27. The van der Waals surface area contributed by atoms with Gasteiger partial charge in [-0.25, -0.2) is 9.78 Å². The van der Waals surface area contributed by atoms with Crippen LogP contribution in [-0.4, -0.2) is 33.0 Å². The first kappa shape index (κ1) is 14.9. The Hall–Kier alpha value is -2.54. The zero-order valence-corrected chi connectivity index (χ0v) is 11.6. The van der Waals surface area contributed by atoms with E-state index in [0.29, 0.717) is 11.4 Å². The molecule has 110 valence electrons. The largest absolute Gasteiger partial charge is 0.480 e. The number of nitrogens with two attached hydrogens (primary N) is 1. The highest BCUT2D eigenvalue weighted by molar-refractivity contribution is 6.33. The number of aliphatic carboxylic acids is 1. The number of halogens is 1. The lowest BCUT2D eigenvalue weighted by atomic mass is 10.1. The molecule has 1 amide bonds. The van der Waals surface area contributed by atoms with Crippen molar-refractivity contribution in [1.82, 2.24) is 15.3 Å². The van der Waals surface area contributed by atoms with Crippen LogP contribution in [0.1, 0.15) is 16.1 Å². The number of hydrogen-bond acceptors (Lipinski definition) is 4. The molecule has 0 fully saturated rings. The molecule has 0 bridgehead atoms. The summed E-state index contributed by atoms with van der Waals surface area (Å²) in [5.41, 5.74) is 6.76. The number of amides is 1. The Morgan fingerprint density at radius 2 is 2.24 bits per heavy atom. The van der Waals surface area contributed by atoms with Gasteiger partial charge in [-0.1, -0.05) is 11.6 Å². The van der Waals surface area contributed by atoms with Crippen molar-refractivity contribution >= 4 is 29.2 Å². The number of aromatic amines is 1. The highest BCUT2D eigenvalue weighted by Gasteiger charge is 2.22. The zero-order valence-electron chi connectivity index (χ0n) is 10.8. The molecule has 5 N–H and O–H groups in total. The van der Waals surface area contributed by atoms with Crippen LogP contribution in [0.25, 0.3) is 0 Å². The third-order valence-electron chi connectivity index (χ3n) is 2.84. The second-order valence-electron chi connectivity index (χ2n) is 4.38. The van der Waals surface area contributed by atoms with E-state index in [2.05, 4.69) is 15.3 Å². The second-order valence-corrected chi connectivity index (χ2v) is 4.79. The SMILES string of the molecule is Nc1ccc(C(=O)NC(Cc2cnc[nH]2)C(=O)O)cc1Cl. The highest BCUT2D eigenvalue weighted by atomic mass is 35.5. The van der Waals surface area contributed by atoms with Gasteiger partial charge in [0.25, 0.3) is 5.91 Å². The van der Waals surface area contributed by atoms with Gasteiger partial charge in [-0.2, -0.15) is 0 Å². The molecule has 0 radical (unpaired) electrons. The Kier molecular flexibility index (Phi) is 4.44. The normalized spacial score (nSPS) is 11.9. The standard InChI is InChI=1S/C13H13ClN4O3/c14-9-3-7(1-2-10(9)15)12(19)18-11(13(20)21)4-8-5-16-6-17-8/h1-3,5-6,11H,4,15H2,(H,16,17)(H,18,19)(H,20,21). The van der Waals surface area contributed by atoms with Gasteiger partial charge in [0.2, 0.25) is 0 Å². The van der Waals surface area contributed by atoms with Crippen LogP contribution in [0.4, 0.5) is 5.69 Å². The van der Waals surface area contributed by atoms with Crippen molar-refractivity contribution in [3.8, 4) is 0 Å². The summed E-state index contributed by atoms with van der Waals surface area (Å²) in [6.45, 7) is 0. The number of carbonyl (C=O) groups is 2. The average molecular weight is 309 g/mol. The van der Waals surface area contributed by atoms with Crippen LogP contribution < -0.4 is 11.1 Å². The quantitative estimate of drug-likeness (QED) is 0.616. The van der Waals surface area contributed by atoms with Crippen molar-refractivity contribution in [2.24, 2.45) is 0 Å². The van der Waals surface area contributed by atoms with Crippen LogP contribution in [0.5, 0.6) is 0 Å². The molecule has 0 aliphatic carbocycles. The predicted molar refractivity (Wildman–Crippen MR) is 77.0 cm³/mol. The van der Waals surface area contributed by atoms with Crippen LogP contribution in [-0.2, 0) is 11.2 Å². The lowest BCUT2D eigenvalue weighted by molar-refractivity contribution is -0.139. The van der Waals surface area contributed by atoms with Crippen LogP contribution in [0.3, 0.4) is 0 Å². The van der Waals surface area contributed by atoms with Gasteiger partial charge in [0.15, 0.2) is 0 Å². The molecule has 1 unspecified atom stereocenters. The Morgan fingerprint density at radius 3 is 2.81 bits per heavy atom. The van der Waals surface area contributed by atoms with Crippen molar-refractivity contribution in [1.29, 1.82) is 0 Å². The van der Waals surface area contributed by atoms with Crippen LogP contribution in [0.2, 0.25) is 5.02 Å². The summed E-state index contributed by atoms with van der Waals surface area (Å²) in [5.74, 6) is -1.68. The maximum absolute atomic E-state index is 12.1. The molecule has 1 aromatic carbocycles. The number of nitrogens with zero attached hydrogens (tertiary/aromatic N) is 1. The van der Waals surface area contributed by atoms with Gasteiger partial charge in [0.05, 0.1) is 17.0 Å². The molecule has 7 nitrogen and oxygen atoms in total. The molecule has 1 aromatic heterocycles. The lowest BCUT2D eigenvalue weighted by Gasteiger charge is -2.14. The number of benzene rings is 1. The minimum Gasteiger partial charge on any atom is -0.480 e. The minimum absolute atomic E-state index is 0.101. The molecule has 0 saturated carbocycles. The summed E-state index contributed by atoms with van der Waals surface area (Å²) >= 11 is 5.84. The predicted octanol–water partition coefficient (Wildman–Crippen LogP) is 1.07. The summed E-state index contributed by atoms with van der Waals surface area (Å²) in [6, 6.07) is 3.28. The highest BCUT2D eigenvalue weighted by Crippen LogP contribution is 2.19. The number of hydrogen-bond donors (Lipinski definition) is 4. The molecule has 2 rings (SSSR count). The van der Waals surface area contributed by atoms with E-state index in [1.165, 1.54) is 30.7 Å². The van der Waals surface area contributed by atoms with Crippen molar-refractivity contribution < 1.29 is 14.7 Å². The van der Waals surface area contributed by atoms with Gasteiger partial charge < -0.3 is 21.1 Å². The van der Waals surface area contributed by atoms with E-state index in [1.54, 1.807) is 0 Å². The molecule has 1 atom stereocenters. The number of nitrogen functional groups attached to an aromatic ring is 1. The third kappa shape index (κ3) is 3.73. The van der Waals surface area contributed by atoms with Gasteiger partial charge >= 0.3 is 5.97 Å². The zero-order chi connectivity index (χ0) is 15.4. The monoisotopic (exact) mass is 308 g/mol. The van der Waals surface area contributed by atoms with Gasteiger partial charge in [0, 0.05) is 23.9 Å². The number of H-pyrrole nitrogens is 1. The number of rotatable bonds is 5. The summed E-state index contributed by atoms with van der Waals surface area (Å²) in [7, 11) is 0. The molecule has 0 aliphatic rings. The molecular formula is C13H13ClN4O3. The van der Waals surface area contributed by atoms with Gasteiger partial charge in [0.1, 0.15) is 6.04 Å². The summed E-state index contributed by atoms with van der Waals surface area (Å²) in [5, 5.41) is 11.8. The number of aromatic nitrogens is 2. The average Bonchev–Trinajstić information content (AvgIpc) is 2.93. The first-order valence-electron chi connectivity index (χ1n) is 6.03. The summed E-state index contributed by atoms with van der Waals surface area (Å²) < 4.78 is 0. The number of carboxylic acid groups (broad SMARTS) is 1. The van der Waals surface area contributed by atoms with E-state index in [4.69, 9.17) is 17.3 Å². The summed E-state index contributed by atoms with van der Waals surface area (Å²) in [4.78, 5) is 29.9. The van der Waals surface area contributed by atoms with E-state index in [0.717, 1.165) is 0 Å².